The SMILES string of the molecule is CNCCCN1CC(CCl)CC1=O. The molecule has 1 N–H and O–H groups in total. The van der Waals surface area contributed by atoms with Gasteiger partial charge in [-0.25, -0.2) is 0 Å². The fourth-order valence-corrected chi connectivity index (χ4v) is 1.83. The standard InChI is InChI=1S/C9H17ClN2O/c1-11-3-2-4-12-7-8(6-10)5-9(12)13/h8,11H,2-7H2,1H3. The first-order valence-corrected chi connectivity index (χ1v) is 5.29. The van der Waals surface area contributed by atoms with Gasteiger partial charge in [0, 0.05) is 25.4 Å². The summed E-state index contributed by atoms with van der Waals surface area (Å²) in [6.45, 7) is 2.69. The van der Waals surface area contributed by atoms with Crippen molar-refractivity contribution in [2.24, 2.45) is 5.92 Å². The number of halogens is 1. The highest BCUT2D eigenvalue weighted by Crippen LogP contribution is 2.18. The third-order valence-corrected chi connectivity index (χ3v) is 2.80. The fraction of sp³-hybridized carbons (Fsp3) is 0.889. The van der Waals surface area contributed by atoms with Crippen LogP contribution in [0.3, 0.4) is 0 Å². The van der Waals surface area contributed by atoms with Gasteiger partial charge in [0.15, 0.2) is 0 Å². The van der Waals surface area contributed by atoms with Crippen LogP contribution in [0.4, 0.5) is 0 Å². The Hall–Kier alpha value is -0.280. The number of nitrogens with one attached hydrogen (secondary N) is 1. The van der Waals surface area contributed by atoms with Crippen LogP contribution in [0.25, 0.3) is 0 Å². The highest BCUT2D eigenvalue weighted by atomic mass is 35.5. The van der Waals surface area contributed by atoms with Crippen molar-refractivity contribution >= 4 is 17.5 Å². The van der Waals surface area contributed by atoms with Gasteiger partial charge in [0.1, 0.15) is 0 Å². The van der Waals surface area contributed by atoms with Crippen LogP contribution in [0.5, 0.6) is 0 Å². The smallest absolute Gasteiger partial charge is 0.222 e. The largest absolute Gasteiger partial charge is 0.342 e. The van der Waals surface area contributed by atoms with Gasteiger partial charge in [-0.3, -0.25) is 4.79 Å². The van der Waals surface area contributed by atoms with Gasteiger partial charge in [-0.1, -0.05) is 0 Å². The molecule has 13 heavy (non-hydrogen) atoms. The van der Waals surface area contributed by atoms with E-state index in [4.69, 9.17) is 11.6 Å². The number of alkyl halides is 1. The topological polar surface area (TPSA) is 32.3 Å². The minimum atomic E-state index is 0.266. The van der Waals surface area contributed by atoms with Gasteiger partial charge in [0.25, 0.3) is 0 Å². The molecule has 0 bridgehead atoms. The van der Waals surface area contributed by atoms with Gasteiger partial charge in [0.2, 0.25) is 5.91 Å². The lowest BCUT2D eigenvalue weighted by atomic mass is 10.1. The molecule has 0 spiro atoms. The van der Waals surface area contributed by atoms with E-state index in [9.17, 15) is 4.79 Å². The highest BCUT2D eigenvalue weighted by Gasteiger charge is 2.27. The van der Waals surface area contributed by atoms with Crippen LogP contribution in [0.1, 0.15) is 12.8 Å². The molecule has 4 heteroatoms. The first kappa shape index (κ1) is 10.8. The minimum Gasteiger partial charge on any atom is -0.342 e. The van der Waals surface area contributed by atoms with Gasteiger partial charge >= 0.3 is 0 Å². The molecule has 1 amide bonds. The molecule has 1 aliphatic heterocycles. The summed E-state index contributed by atoms with van der Waals surface area (Å²) in [6, 6.07) is 0. The van der Waals surface area contributed by atoms with Crippen molar-refractivity contribution in [2.75, 3.05) is 32.6 Å². The summed E-state index contributed by atoms with van der Waals surface area (Å²) in [7, 11) is 1.92. The van der Waals surface area contributed by atoms with E-state index in [1.807, 2.05) is 11.9 Å². The molecule has 0 saturated carbocycles. The van der Waals surface area contributed by atoms with Crippen LogP contribution < -0.4 is 5.32 Å². The molecule has 3 nitrogen and oxygen atoms in total. The van der Waals surface area contributed by atoms with E-state index in [1.165, 1.54) is 0 Å². The summed E-state index contributed by atoms with van der Waals surface area (Å²) in [4.78, 5) is 13.3. The lowest BCUT2D eigenvalue weighted by molar-refractivity contribution is -0.127. The number of rotatable bonds is 5. The highest BCUT2D eigenvalue weighted by molar-refractivity contribution is 6.18. The molecule has 0 aliphatic carbocycles. The third-order valence-electron chi connectivity index (χ3n) is 2.37. The Morgan fingerprint density at radius 3 is 3.00 bits per heavy atom. The second kappa shape index (κ2) is 5.45. The van der Waals surface area contributed by atoms with Gasteiger partial charge in [-0.15, -0.1) is 11.6 Å². The van der Waals surface area contributed by atoms with E-state index in [0.29, 0.717) is 18.2 Å². The summed E-state index contributed by atoms with van der Waals surface area (Å²) in [5.74, 6) is 1.25. The van der Waals surface area contributed by atoms with Crippen LogP contribution >= 0.6 is 11.6 Å². The van der Waals surface area contributed by atoms with E-state index < -0.39 is 0 Å². The molecule has 0 aromatic heterocycles. The van der Waals surface area contributed by atoms with Crippen molar-refractivity contribution in [2.45, 2.75) is 12.8 Å². The average molecular weight is 205 g/mol. The molecule has 1 saturated heterocycles. The first-order chi connectivity index (χ1) is 6.27. The molecular weight excluding hydrogens is 188 g/mol. The van der Waals surface area contributed by atoms with Crippen LogP contribution in [-0.2, 0) is 4.79 Å². The number of carbonyl (C=O) groups excluding carboxylic acids is 1. The van der Waals surface area contributed by atoms with Crippen molar-refractivity contribution in [3.05, 3.63) is 0 Å². The predicted molar refractivity (Wildman–Crippen MR) is 54.0 cm³/mol. The maximum absolute atomic E-state index is 11.4. The van der Waals surface area contributed by atoms with E-state index >= 15 is 0 Å². The predicted octanol–water partition coefficient (Wildman–Crippen LogP) is 0.683. The van der Waals surface area contributed by atoms with Crippen LogP contribution in [0.2, 0.25) is 0 Å². The summed E-state index contributed by atoms with van der Waals surface area (Å²) in [5.41, 5.74) is 0. The number of likely N-dealkylation sites (tertiary alicyclic amines) is 1. The average Bonchev–Trinajstić information content (AvgIpc) is 2.48. The van der Waals surface area contributed by atoms with Crippen molar-refractivity contribution in [3.63, 3.8) is 0 Å². The Morgan fingerprint density at radius 2 is 2.46 bits per heavy atom. The van der Waals surface area contributed by atoms with Crippen molar-refractivity contribution < 1.29 is 4.79 Å². The first-order valence-electron chi connectivity index (χ1n) is 4.76. The molecule has 76 valence electrons. The third kappa shape index (κ3) is 3.16. The maximum Gasteiger partial charge on any atom is 0.222 e. The van der Waals surface area contributed by atoms with Crippen molar-refractivity contribution in [3.8, 4) is 0 Å². The molecule has 1 aliphatic rings. The van der Waals surface area contributed by atoms with Crippen LogP contribution in [-0.4, -0.2) is 43.4 Å². The molecule has 1 rings (SSSR count). The van der Waals surface area contributed by atoms with E-state index in [-0.39, 0.29) is 5.91 Å². The van der Waals surface area contributed by atoms with E-state index in [1.54, 1.807) is 0 Å². The van der Waals surface area contributed by atoms with Gasteiger partial charge < -0.3 is 10.2 Å². The van der Waals surface area contributed by atoms with Crippen LogP contribution in [0.15, 0.2) is 0 Å². The fourth-order valence-electron chi connectivity index (χ4n) is 1.62. The molecular formula is C9H17ClN2O. The minimum absolute atomic E-state index is 0.266. The molecule has 1 atom stereocenters. The number of carbonyl (C=O) groups is 1. The van der Waals surface area contributed by atoms with Gasteiger partial charge in [-0.05, 0) is 25.9 Å². The van der Waals surface area contributed by atoms with Gasteiger partial charge in [-0.2, -0.15) is 0 Å². The molecule has 1 fully saturated rings. The Balaban J connectivity index is 2.23. The van der Waals surface area contributed by atoms with E-state index in [2.05, 4.69) is 5.32 Å². The van der Waals surface area contributed by atoms with E-state index in [0.717, 1.165) is 26.1 Å². The molecule has 0 aromatic carbocycles. The lowest BCUT2D eigenvalue weighted by Crippen LogP contribution is -2.28. The zero-order valence-corrected chi connectivity index (χ0v) is 8.81. The quantitative estimate of drug-likeness (QED) is 0.528. The summed E-state index contributed by atoms with van der Waals surface area (Å²) in [6.07, 6.45) is 1.67. The summed E-state index contributed by atoms with van der Waals surface area (Å²) < 4.78 is 0. The maximum atomic E-state index is 11.4. The second-order valence-electron chi connectivity index (χ2n) is 3.52. The second-order valence-corrected chi connectivity index (χ2v) is 3.83. The molecule has 0 aromatic rings. The number of hydrogen-bond acceptors (Lipinski definition) is 2. The molecule has 0 radical (unpaired) electrons. The Kier molecular flexibility index (Phi) is 4.53. The number of hydrogen-bond donors (Lipinski definition) is 1. The summed E-state index contributed by atoms with van der Waals surface area (Å²) in [5, 5.41) is 3.07. The normalized spacial score (nSPS) is 22.8. The zero-order chi connectivity index (χ0) is 9.68. The van der Waals surface area contributed by atoms with Crippen LogP contribution in [0, 0.1) is 5.92 Å². The van der Waals surface area contributed by atoms with Gasteiger partial charge in [0.05, 0.1) is 0 Å². The van der Waals surface area contributed by atoms with Crippen molar-refractivity contribution in [1.82, 2.24) is 10.2 Å². The number of nitrogens with zero attached hydrogens (tertiary/aromatic N) is 1. The molecule has 1 unspecified atom stereocenters. The zero-order valence-electron chi connectivity index (χ0n) is 8.05. The molecule has 1 heterocycles. The Labute approximate surface area is 84.4 Å². The Morgan fingerprint density at radius 1 is 1.69 bits per heavy atom. The summed E-state index contributed by atoms with van der Waals surface area (Å²) >= 11 is 5.71. The monoisotopic (exact) mass is 204 g/mol. The Bertz CT molecular complexity index is 175. The lowest BCUT2D eigenvalue weighted by Gasteiger charge is -2.15. The number of amides is 1. The van der Waals surface area contributed by atoms with Crippen molar-refractivity contribution in [1.29, 1.82) is 0 Å².